The monoisotopic (exact) mass is 247 g/mol. The van der Waals surface area contributed by atoms with Gasteiger partial charge in [0.2, 0.25) is 0 Å². The third-order valence-corrected chi connectivity index (χ3v) is 3.87. The van der Waals surface area contributed by atoms with E-state index < -0.39 is 5.97 Å². The zero-order chi connectivity index (χ0) is 13.0. The summed E-state index contributed by atoms with van der Waals surface area (Å²) >= 11 is 0. The first-order chi connectivity index (χ1) is 8.65. The number of benzene rings is 1. The van der Waals surface area contributed by atoms with Crippen LogP contribution >= 0.6 is 0 Å². The molecule has 18 heavy (non-hydrogen) atoms. The van der Waals surface area contributed by atoms with Crippen molar-refractivity contribution in [1.29, 1.82) is 0 Å². The summed E-state index contributed by atoms with van der Waals surface area (Å²) in [6, 6.07) is 10.4. The minimum Gasteiger partial charge on any atom is -0.481 e. The highest BCUT2D eigenvalue weighted by atomic mass is 16.4. The second-order valence-corrected chi connectivity index (χ2v) is 5.36. The number of carboxylic acids is 1. The fraction of sp³-hybridized carbons (Fsp3) is 0.533. The number of piperidine rings is 1. The van der Waals surface area contributed by atoms with E-state index >= 15 is 0 Å². The molecule has 3 nitrogen and oxygen atoms in total. The first kappa shape index (κ1) is 13.1. The number of likely N-dealkylation sites (tertiary alicyclic amines) is 1. The Bertz CT molecular complexity index is 391. The highest BCUT2D eigenvalue weighted by molar-refractivity contribution is 5.67. The third kappa shape index (κ3) is 3.57. The van der Waals surface area contributed by atoms with E-state index in [1.165, 1.54) is 5.56 Å². The Morgan fingerprint density at radius 1 is 1.33 bits per heavy atom. The molecule has 0 saturated carbocycles. The maximum Gasteiger partial charge on any atom is 0.303 e. The van der Waals surface area contributed by atoms with Gasteiger partial charge >= 0.3 is 5.97 Å². The SMILES string of the molecule is CN1CCC(CC(=O)O)C(Cc2ccccc2)C1. The number of carboxylic acid groups (broad SMARTS) is 1. The van der Waals surface area contributed by atoms with Gasteiger partial charge in [0.25, 0.3) is 0 Å². The van der Waals surface area contributed by atoms with Crippen LogP contribution < -0.4 is 0 Å². The lowest BCUT2D eigenvalue weighted by Crippen LogP contribution is -2.39. The van der Waals surface area contributed by atoms with Crippen molar-refractivity contribution in [1.82, 2.24) is 4.90 Å². The predicted molar refractivity (Wildman–Crippen MR) is 71.5 cm³/mol. The summed E-state index contributed by atoms with van der Waals surface area (Å²) in [5, 5.41) is 9.00. The summed E-state index contributed by atoms with van der Waals surface area (Å²) < 4.78 is 0. The van der Waals surface area contributed by atoms with E-state index in [2.05, 4.69) is 24.1 Å². The molecule has 1 aromatic carbocycles. The molecule has 3 heteroatoms. The van der Waals surface area contributed by atoms with E-state index in [9.17, 15) is 4.79 Å². The number of rotatable bonds is 4. The van der Waals surface area contributed by atoms with Crippen molar-refractivity contribution in [3.63, 3.8) is 0 Å². The maximum absolute atomic E-state index is 10.9. The van der Waals surface area contributed by atoms with Crippen molar-refractivity contribution >= 4 is 5.97 Å². The summed E-state index contributed by atoms with van der Waals surface area (Å²) in [6.07, 6.45) is 2.30. The van der Waals surface area contributed by atoms with Gasteiger partial charge in [-0.3, -0.25) is 4.79 Å². The Balaban J connectivity index is 2.03. The average molecular weight is 247 g/mol. The molecule has 0 aliphatic carbocycles. The molecule has 2 rings (SSSR count). The molecule has 98 valence electrons. The van der Waals surface area contributed by atoms with Gasteiger partial charge < -0.3 is 10.0 Å². The molecule has 1 aliphatic rings. The van der Waals surface area contributed by atoms with Crippen LogP contribution in [-0.2, 0) is 11.2 Å². The maximum atomic E-state index is 10.9. The minimum absolute atomic E-state index is 0.311. The summed E-state index contributed by atoms with van der Waals surface area (Å²) in [5.74, 6) is 0.115. The van der Waals surface area contributed by atoms with Gasteiger partial charge in [-0.15, -0.1) is 0 Å². The number of nitrogens with zero attached hydrogens (tertiary/aromatic N) is 1. The molecule has 1 saturated heterocycles. The topological polar surface area (TPSA) is 40.5 Å². The van der Waals surface area contributed by atoms with Crippen molar-refractivity contribution in [2.75, 3.05) is 20.1 Å². The van der Waals surface area contributed by atoms with Crippen molar-refractivity contribution in [2.24, 2.45) is 11.8 Å². The molecule has 1 fully saturated rings. The summed E-state index contributed by atoms with van der Waals surface area (Å²) in [7, 11) is 2.12. The highest BCUT2D eigenvalue weighted by Gasteiger charge is 2.29. The van der Waals surface area contributed by atoms with Crippen molar-refractivity contribution in [3.05, 3.63) is 35.9 Å². The normalized spacial score (nSPS) is 24.9. The van der Waals surface area contributed by atoms with Crippen molar-refractivity contribution in [2.45, 2.75) is 19.3 Å². The van der Waals surface area contributed by atoms with Crippen LogP contribution in [0.5, 0.6) is 0 Å². The van der Waals surface area contributed by atoms with Gasteiger partial charge in [0.05, 0.1) is 0 Å². The number of hydrogen-bond donors (Lipinski definition) is 1. The second kappa shape index (κ2) is 6.01. The second-order valence-electron chi connectivity index (χ2n) is 5.36. The van der Waals surface area contributed by atoms with Gasteiger partial charge in [-0.25, -0.2) is 0 Å². The molecule has 1 N–H and O–H groups in total. The van der Waals surface area contributed by atoms with Crippen LogP contribution in [0.4, 0.5) is 0 Å². The Kier molecular flexibility index (Phi) is 4.37. The lowest BCUT2D eigenvalue weighted by Gasteiger charge is -2.36. The summed E-state index contributed by atoms with van der Waals surface area (Å²) in [5.41, 5.74) is 1.31. The van der Waals surface area contributed by atoms with Gasteiger partial charge in [0, 0.05) is 13.0 Å². The standard InChI is InChI=1S/C15H21NO2/c1-16-8-7-13(10-15(17)18)14(11-16)9-12-5-3-2-4-6-12/h2-6,13-14H,7-11H2,1H3,(H,17,18). The minimum atomic E-state index is -0.664. The van der Waals surface area contributed by atoms with Gasteiger partial charge in [-0.2, -0.15) is 0 Å². The Labute approximate surface area is 108 Å². The smallest absolute Gasteiger partial charge is 0.303 e. The fourth-order valence-corrected chi connectivity index (χ4v) is 2.90. The third-order valence-electron chi connectivity index (χ3n) is 3.87. The van der Waals surface area contributed by atoms with Crippen molar-refractivity contribution < 1.29 is 9.90 Å². The van der Waals surface area contributed by atoms with Crippen LogP contribution in [0.3, 0.4) is 0 Å². The average Bonchev–Trinajstić information content (AvgIpc) is 2.33. The first-order valence-electron chi connectivity index (χ1n) is 6.59. The molecule has 1 aromatic rings. The van der Waals surface area contributed by atoms with E-state index in [4.69, 9.17) is 5.11 Å². The molecule has 1 heterocycles. The van der Waals surface area contributed by atoms with E-state index in [0.29, 0.717) is 18.3 Å². The molecule has 2 atom stereocenters. The van der Waals surface area contributed by atoms with Crippen molar-refractivity contribution in [3.8, 4) is 0 Å². The zero-order valence-electron chi connectivity index (χ0n) is 10.9. The Hall–Kier alpha value is -1.35. The molecule has 0 spiro atoms. The number of carbonyl (C=O) groups is 1. The lowest BCUT2D eigenvalue weighted by molar-refractivity contribution is -0.139. The molecule has 0 radical (unpaired) electrons. The molecule has 0 amide bonds. The van der Waals surface area contributed by atoms with E-state index in [-0.39, 0.29) is 0 Å². The molecular formula is C15H21NO2. The molecule has 0 aromatic heterocycles. The quantitative estimate of drug-likeness (QED) is 0.887. The Morgan fingerprint density at radius 3 is 2.72 bits per heavy atom. The van der Waals surface area contributed by atoms with Crippen LogP contribution in [-0.4, -0.2) is 36.1 Å². The van der Waals surface area contributed by atoms with Crippen LogP contribution in [0.15, 0.2) is 30.3 Å². The van der Waals surface area contributed by atoms with Gasteiger partial charge in [0.15, 0.2) is 0 Å². The first-order valence-corrected chi connectivity index (χ1v) is 6.59. The van der Waals surface area contributed by atoms with Gasteiger partial charge in [-0.05, 0) is 43.8 Å². The van der Waals surface area contributed by atoms with Crippen LogP contribution in [0.1, 0.15) is 18.4 Å². The fourth-order valence-electron chi connectivity index (χ4n) is 2.90. The molecule has 1 aliphatic heterocycles. The van der Waals surface area contributed by atoms with Gasteiger partial charge in [0.1, 0.15) is 0 Å². The molecule has 0 bridgehead atoms. The highest BCUT2D eigenvalue weighted by Crippen LogP contribution is 2.28. The largest absolute Gasteiger partial charge is 0.481 e. The summed E-state index contributed by atoms with van der Waals surface area (Å²) in [4.78, 5) is 13.2. The molecule has 2 unspecified atom stereocenters. The van der Waals surface area contributed by atoms with Crippen LogP contribution in [0.25, 0.3) is 0 Å². The lowest BCUT2D eigenvalue weighted by atomic mass is 9.80. The van der Waals surface area contributed by atoms with Gasteiger partial charge in [-0.1, -0.05) is 30.3 Å². The predicted octanol–water partition coefficient (Wildman–Crippen LogP) is 2.27. The molecular weight excluding hydrogens is 226 g/mol. The van der Waals surface area contributed by atoms with Crippen LogP contribution in [0, 0.1) is 11.8 Å². The van der Waals surface area contributed by atoms with Crippen LogP contribution in [0.2, 0.25) is 0 Å². The zero-order valence-corrected chi connectivity index (χ0v) is 10.9. The van der Waals surface area contributed by atoms with E-state index in [1.54, 1.807) is 0 Å². The Morgan fingerprint density at radius 2 is 2.06 bits per heavy atom. The number of hydrogen-bond acceptors (Lipinski definition) is 2. The summed E-state index contributed by atoms with van der Waals surface area (Å²) in [6.45, 7) is 2.02. The number of aliphatic carboxylic acids is 1. The van der Waals surface area contributed by atoms with E-state index in [0.717, 1.165) is 25.9 Å². The van der Waals surface area contributed by atoms with E-state index in [1.807, 2.05) is 18.2 Å².